The van der Waals surface area contributed by atoms with Crippen molar-refractivity contribution >= 4 is 0 Å². The van der Waals surface area contributed by atoms with E-state index in [4.69, 9.17) is 9.97 Å². The minimum atomic E-state index is -0.00587. The summed E-state index contributed by atoms with van der Waals surface area (Å²) in [5.74, 6) is 1.65. The maximum atomic E-state index is 4.94. The molecule has 0 aliphatic rings. The van der Waals surface area contributed by atoms with Gasteiger partial charge in [-0.3, -0.25) is 9.97 Å². The molecule has 0 aromatic carbocycles. The molecule has 6 aromatic heterocycles. The summed E-state index contributed by atoms with van der Waals surface area (Å²) in [5.41, 5.74) is 11.1. The van der Waals surface area contributed by atoms with Gasteiger partial charge in [-0.2, -0.15) is 10.2 Å². The Morgan fingerprint density at radius 3 is 0.915 bits per heavy atom. The summed E-state index contributed by atoms with van der Waals surface area (Å²) < 4.78 is 3.76. The minimum Gasteiger partial charge on any atom is -0.255 e. The third kappa shape index (κ3) is 11.8. The van der Waals surface area contributed by atoms with E-state index >= 15 is 0 Å². The smallest absolute Gasteiger partial charge is 0.255 e. The van der Waals surface area contributed by atoms with E-state index in [-0.39, 0.29) is 49.3 Å². The van der Waals surface area contributed by atoms with Crippen LogP contribution in [0.4, 0.5) is 0 Å². The maximum absolute atomic E-state index is 4.94. The standard InChI is InChI=1S/2C25H34N4.Co/c2*1-23(2,3)17-10-11-26-20(12-17)21-13-18(24(4,5)6)14-22(28-21)29-16-19(15-27-29)25(7,8)9;/h2*10-16H,1-9H3;/q;;+3. The molecule has 0 saturated heterocycles. The molecule has 0 fully saturated rings. The Bertz CT molecular complexity index is 2190. The van der Waals surface area contributed by atoms with Gasteiger partial charge in [0.1, 0.15) is 0 Å². The normalized spacial score (nSPS) is 12.8. The van der Waals surface area contributed by atoms with Crippen LogP contribution in [0.1, 0.15) is 158 Å². The van der Waals surface area contributed by atoms with Gasteiger partial charge in [0.15, 0.2) is 11.6 Å². The number of aromatic nitrogens is 8. The predicted molar refractivity (Wildman–Crippen MR) is 241 cm³/mol. The monoisotopic (exact) mass is 839 g/mol. The third-order valence-corrected chi connectivity index (χ3v) is 10.5. The average Bonchev–Trinajstić information content (AvgIpc) is 3.82. The Hall–Kier alpha value is -4.47. The van der Waals surface area contributed by atoms with Crippen molar-refractivity contribution in [3.8, 4) is 34.4 Å². The van der Waals surface area contributed by atoms with Crippen molar-refractivity contribution < 1.29 is 16.8 Å². The quantitative estimate of drug-likeness (QED) is 0.176. The molecule has 0 saturated carbocycles. The molecule has 0 aliphatic carbocycles. The molecule has 0 spiro atoms. The van der Waals surface area contributed by atoms with E-state index in [1.54, 1.807) is 0 Å². The summed E-state index contributed by atoms with van der Waals surface area (Å²) in [7, 11) is 0. The molecule has 9 heteroatoms. The van der Waals surface area contributed by atoms with Crippen molar-refractivity contribution in [2.75, 3.05) is 0 Å². The van der Waals surface area contributed by atoms with Crippen LogP contribution in [0.15, 0.2) is 85.7 Å². The van der Waals surface area contributed by atoms with Crippen LogP contribution < -0.4 is 0 Å². The summed E-state index contributed by atoms with van der Waals surface area (Å²) in [6.45, 7) is 39.8. The first kappa shape index (κ1) is 47.2. The second kappa shape index (κ2) is 16.9. The zero-order chi connectivity index (χ0) is 43.2. The van der Waals surface area contributed by atoms with Gasteiger partial charge in [-0.25, -0.2) is 19.3 Å². The van der Waals surface area contributed by atoms with Crippen molar-refractivity contribution in [2.24, 2.45) is 0 Å². The molecule has 6 heterocycles. The minimum absolute atomic E-state index is 0. The van der Waals surface area contributed by atoms with Gasteiger partial charge in [-0.05, 0) is 114 Å². The van der Waals surface area contributed by atoms with Gasteiger partial charge in [0.2, 0.25) is 0 Å². The molecule has 0 unspecified atom stereocenters. The van der Waals surface area contributed by atoms with E-state index in [1.165, 1.54) is 33.4 Å². The van der Waals surface area contributed by atoms with E-state index in [0.29, 0.717) is 0 Å². The Balaban J connectivity index is 0.000000256. The fraction of sp³-hybridized carbons (Fsp3) is 0.480. The van der Waals surface area contributed by atoms with Gasteiger partial charge < -0.3 is 0 Å². The van der Waals surface area contributed by atoms with Crippen LogP contribution >= 0.6 is 0 Å². The van der Waals surface area contributed by atoms with Crippen LogP contribution in [0.2, 0.25) is 0 Å². The molecule has 59 heavy (non-hydrogen) atoms. The fourth-order valence-electron chi connectivity index (χ4n) is 6.14. The molecule has 6 aromatic rings. The van der Waals surface area contributed by atoms with Crippen molar-refractivity contribution in [1.29, 1.82) is 0 Å². The summed E-state index contributed by atoms with van der Waals surface area (Å²) in [5, 5.41) is 9.20. The molecule has 0 atom stereocenters. The van der Waals surface area contributed by atoms with E-state index in [0.717, 1.165) is 34.4 Å². The van der Waals surface area contributed by atoms with E-state index in [1.807, 2.05) is 34.2 Å². The topological polar surface area (TPSA) is 87.2 Å². The van der Waals surface area contributed by atoms with Crippen molar-refractivity contribution in [3.05, 3.63) is 119 Å². The second-order valence-corrected chi connectivity index (χ2v) is 21.9. The Morgan fingerprint density at radius 2 is 0.644 bits per heavy atom. The first-order chi connectivity index (χ1) is 26.5. The molecule has 314 valence electrons. The Kier molecular flexibility index (Phi) is 13.5. The van der Waals surface area contributed by atoms with Crippen LogP contribution in [0, 0.1) is 0 Å². The van der Waals surface area contributed by atoms with Gasteiger partial charge in [0, 0.05) is 24.8 Å². The molecule has 0 aliphatic heterocycles. The van der Waals surface area contributed by atoms with Gasteiger partial charge in [-0.1, -0.05) is 125 Å². The molecule has 8 nitrogen and oxygen atoms in total. The third-order valence-electron chi connectivity index (χ3n) is 10.5. The van der Waals surface area contributed by atoms with Crippen molar-refractivity contribution in [2.45, 2.75) is 157 Å². The first-order valence-corrected chi connectivity index (χ1v) is 20.6. The molecule has 0 bridgehead atoms. The zero-order valence-electron chi connectivity index (χ0n) is 39.0. The van der Waals surface area contributed by atoms with Crippen LogP contribution in [-0.2, 0) is 49.3 Å². The van der Waals surface area contributed by atoms with E-state index in [2.05, 4.69) is 206 Å². The number of pyridine rings is 4. The van der Waals surface area contributed by atoms with Crippen molar-refractivity contribution in [1.82, 2.24) is 39.5 Å². The van der Waals surface area contributed by atoms with Crippen LogP contribution in [0.3, 0.4) is 0 Å². The zero-order valence-corrected chi connectivity index (χ0v) is 40.0. The van der Waals surface area contributed by atoms with Crippen LogP contribution in [0.25, 0.3) is 34.4 Å². The van der Waals surface area contributed by atoms with E-state index in [9.17, 15) is 0 Å². The maximum Gasteiger partial charge on any atom is 3.00 e. The number of nitrogens with zero attached hydrogens (tertiary/aromatic N) is 8. The van der Waals surface area contributed by atoms with Gasteiger partial charge in [-0.15, -0.1) is 0 Å². The number of hydrogen-bond donors (Lipinski definition) is 0. The molecule has 0 radical (unpaired) electrons. The molecule has 0 amide bonds. The largest absolute Gasteiger partial charge is 3.00 e. The summed E-state index contributed by atoms with van der Waals surface area (Å²) in [4.78, 5) is 19.2. The number of hydrogen-bond acceptors (Lipinski definition) is 6. The Labute approximate surface area is 365 Å². The summed E-state index contributed by atoms with van der Waals surface area (Å²) >= 11 is 0. The fourth-order valence-corrected chi connectivity index (χ4v) is 6.14. The molecule has 0 N–H and O–H groups in total. The molecular formula is C50H68CoN8+3. The molecular weight excluding hydrogens is 772 g/mol. The average molecular weight is 840 g/mol. The van der Waals surface area contributed by atoms with Crippen molar-refractivity contribution in [3.63, 3.8) is 0 Å². The van der Waals surface area contributed by atoms with Gasteiger partial charge in [0.05, 0.1) is 35.2 Å². The van der Waals surface area contributed by atoms with Gasteiger partial charge >= 0.3 is 16.8 Å². The summed E-state index contributed by atoms with van der Waals surface area (Å²) in [6.07, 6.45) is 11.8. The van der Waals surface area contributed by atoms with Gasteiger partial charge in [0.25, 0.3) is 0 Å². The number of rotatable bonds is 4. The van der Waals surface area contributed by atoms with Crippen LogP contribution in [0.5, 0.6) is 0 Å². The second-order valence-electron chi connectivity index (χ2n) is 21.9. The first-order valence-electron chi connectivity index (χ1n) is 20.6. The Morgan fingerprint density at radius 1 is 0.356 bits per heavy atom. The predicted octanol–water partition coefficient (Wildman–Crippen LogP) is 12.4. The molecule has 6 rings (SSSR count). The summed E-state index contributed by atoms with van der Waals surface area (Å²) in [6, 6.07) is 17.1. The van der Waals surface area contributed by atoms with E-state index < -0.39 is 0 Å². The SMILES string of the molecule is CC(C)(C)c1ccnc(-c2cc(C(C)(C)C)cc(-n3cc(C(C)(C)C)cn3)n2)c1.CC(C)(C)c1ccnc(-c2cc(C(C)(C)C)cc(-n3cc(C(C)(C)C)cn3)n2)c1.[Co+3]. The van der Waals surface area contributed by atoms with Crippen LogP contribution in [-0.4, -0.2) is 39.5 Å².